The molecule has 0 N–H and O–H groups in total. The molecule has 0 saturated carbocycles. The van der Waals surface area contributed by atoms with Crippen LogP contribution in [-0.4, -0.2) is 73.3 Å². The second-order valence-corrected chi connectivity index (χ2v) is 9.14. The summed E-state index contributed by atoms with van der Waals surface area (Å²) in [6, 6.07) is 7.35. The fourth-order valence-corrected chi connectivity index (χ4v) is 4.44. The molecule has 1 aromatic rings. The summed E-state index contributed by atoms with van der Waals surface area (Å²) in [5.74, 6) is -0.513. The molecule has 7 nitrogen and oxygen atoms in total. The van der Waals surface area contributed by atoms with Gasteiger partial charge < -0.3 is 9.80 Å². The lowest BCUT2D eigenvalue weighted by Gasteiger charge is -2.34. The molecule has 3 rings (SSSR count). The molecule has 0 bridgehead atoms. The third kappa shape index (κ3) is 4.19. The van der Waals surface area contributed by atoms with Crippen molar-refractivity contribution in [2.24, 2.45) is 5.92 Å². The van der Waals surface area contributed by atoms with Crippen LogP contribution in [0.15, 0.2) is 24.3 Å². The Kier molecular flexibility index (Phi) is 5.55. The van der Waals surface area contributed by atoms with Crippen molar-refractivity contribution in [3.63, 3.8) is 0 Å². The summed E-state index contributed by atoms with van der Waals surface area (Å²) in [4.78, 5) is 28.3. The maximum absolute atomic E-state index is 12.7. The smallest absolute Gasteiger partial charge is 0.228 e. The van der Waals surface area contributed by atoms with Gasteiger partial charge in [0.1, 0.15) is 0 Å². The van der Waals surface area contributed by atoms with Gasteiger partial charge in [-0.25, -0.2) is 8.42 Å². The van der Waals surface area contributed by atoms with E-state index in [2.05, 4.69) is 0 Å². The van der Waals surface area contributed by atoms with E-state index in [-0.39, 0.29) is 24.2 Å². The molecule has 2 saturated heterocycles. The molecule has 9 heteroatoms. The number of rotatable bonds is 4. The molecular weight excluding hydrogens is 378 g/mol. The molecule has 2 fully saturated rings. The monoisotopic (exact) mass is 399 g/mol. The van der Waals surface area contributed by atoms with Crippen molar-refractivity contribution in [2.45, 2.75) is 13.0 Å². The Labute approximate surface area is 158 Å². The van der Waals surface area contributed by atoms with Crippen LogP contribution < -0.4 is 0 Å². The van der Waals surface area contributed by atoms with Crippen LogP contribution in [0.1, 0.15) is 12.0 Å². The lowest BCUT2D eigenvalue weighted by Crippen LogP contribution is -2.51. The predicted octanol–water partition coefficient (Wildman–Crippen LogP) is 0.792. The summed E-state index contributed by atoms with van der Waals surface area (Å²) >= 11 is 6.15. The van der Waals surface area contributed by atoms with Gasteiger partial charge in [-0.15, -0.1) is 0 Å². The highest BCUT2D eigenvalue weighted by Gasteiger charge is 2.38. The van der Waals surface area contributed by atoms with Crippen LogP contribution in [0.4, 0.5) is 0 Å². The Morgan fingerprint density at radius 1 is 1.19 bits per heavy atom. The molecule has 26 heavy (non-hydrogen) atoms. The van der Waals surface area contributed by atoms with Crippen molar-refractivity contribution >= 4 is 33.4 Å². The van der Waals surface area contributed by atoms with E-state index in [0.717, 1.165) is 5.56 Å². The average Bonchev–Trinajstić information content (AvgIpc) is 2.96. The van der Waals surface area contributed by atoms with E-state index < -0.39 is 10.0 Å². The van der Waals surface area contributed by atoms with Crippen molar-refractivity contribution in [2.75, 3.05) is 39.0 Å². The molecule has 2 aliphatic rings. The Morgan fingerprint density at radius 2 is 1.85 bits per heavy atom. The maximum Gasteiger partial charge on any atom is 0.228 e. The summed E-state index contributed by atoms with van der Waals surface area (Å²) in [6.45, 7) is 2.09. The third-order valence-electron chi connectivity index (χ3n) is 4.90. The Morgan fingerprint density at radius 3 is 2.46 bits per heavy atom. The molecule has 0 unspecified atom stereocenters. The summed E-state index contributed by atoms with van der Waals surface area (Å²) in [7, 11) is -3.23. The lowest BCUT2D eigenvalue weighted by atomic mass is 10.1. The first-order valence-electron chi connectivity index (χ1n) is 8.51. The van der Waals surface area contributed by atoms with Gasteiger partial charge in [0.2, 0.25) is 21.8 Å². The number of hydrogen-bond acceptors (Lipinski definition) is 4. The third-order valence-corrected chi connectivity index (χ3v) is 6.57. The molecule has 2 amide bonds. The van der Waals surface area contributed by atoms with E-state index in [0.29, 0.717) is 44.3 Å². The lowest BCUT2D eigenvalue weighted by molar-refractivity contribution is -0.137. The van der Waals surface area contributed by atoms with Gasteiger partial charge >= 0.3 is 0 Å². The van der Waals surface area contributed by atoms with Gasteiger partial charge in [0, 0.05) is 50.7 Å². The van der Waals surface area contributed by atoms with Gasteiger partial charge in [0.05, 0.1) is 12.2 Å². The number of piperazine rings is 1. The van der Waals surface area contributed by atoms with Crippen LogP contribution >= 0.6 is 11.6 Å². The molecule has 142 valence electrons. The summed E-state index contributed by atoms with van der Waals surface area (Å²) < 4.78 is 24.5. The molecule has 0 aromatic heterocycles. The maximum atomic E-state index is 12.7. The molecule has 0 aliphatic carbocycles. The Bertz CT molecular complexity index is 806. The van der Waals surface area contributed by atoms with Crippen molar-refractivity contribution in [1.29, 1.82) is 0 Å². The van der Waals surface area contributed by atoms with E-state index in [1.807, 2.05) is 18.2 Å². The zero-order chi connectivity index (χ0) is 18.9. The first kappa shape index (κ1) is 19.1. The van der Waals surface area contributed by atoms with Crippen LogP contribution in [0.2, 0.25) is 5.02 Å². The predicted molar refractivity (Wildman–Crippen MR) is 98.0 cm³/mol. The molecule has 0 radical (unpaired) electrons. The van der Waals surface area contributed by atoms with Crippen LogP contribution in [-0.2, 0) is 26.2 Å². The Hall–Kier alpha value is -1.64. The van der Waals surface area contributed by atoms with Gasteiger partial charge in [-0.2, -0.15) is 4.31 Å². The van der Waals surface area contributed by atoms with Gasteiger partial charge in [0.25, 0.3) is 0 Å². The van der Waals surface area contributed by atoms with Crippen LogP contribution in [0.3, 0.4) is 0 Å². The first-order chi connectivity index (χ1) is 12.3. The fourth-order valence-electron chi connectivity index (χ4n) is 3.42. The number of likely N-dealkylation sites (tertiary alicyclic amines) is 1. The number of carbonyl (C=O) groups is 2. The number of benzene rings is 1. The van der Waals surface area contributed by atoms with Crippen molar-refractivity contribution < 1.29 is 18.0 Å². The minimum Gasteiger partial charge on any atom is -0.340 e. The molecule has 2 aliphatic heterocycles. The molecule has 2 heterocycles. The number of amides is 2. The van der Waals surface area contributed by atoms with Crippen molar-refractivity contribution in [3.8, 4) is 0 Å². The van der Waals surface area contributed by atoms with E-state index in [1.54, 1.807) is 15.9 Å². The second-order valence-electron chi connectivity index (χ2n) is 6.75. The number of hydrogen-bond donors (Lipinski definition) is 0. The molecular formula is C17H22ClN3O4S. The largest absolute Gasteiger partial charge is 0.340 e. The van der Waals surface area contributed by atoms with E-state index in [1.165, 1.54) is 10.6 Å². The topological polar surface area (TPSA) is 78.0 Å². The zero-order valence-corrected chi connectivity index (χ0v) is 16.2. The molecule has 1 atom stereocenters. The van der Waals surface area contributed by atoms with Crippen LogP contribution in [0.25, 0.3) is 0 Å². The number of sulfonamides is 1. The average molecular weight is 400 g/mol. The van der Waals surface area contributed by atoms with E-state index in [4.69, 9.17) is 11.6 Å². The van der Waals surface area contributed by atoms with E-state index in [9.17, 15) is 18.0 Å². The molecule has 0 spiro atoms. The normalized spacial score (nSPS) is 22.1. The van der Waals surface area contributed by atoms with E-state index >= 15 is 0 Å². The van der Waals surface area contributed by atoms with Crippen molar-refractivity contribution in [1.82, 2.24) is 14.1 Å². The number of nitrogens with zero attached hydrogens (tertiary/aromatic N) is 3. The highest BCUT2D eigenvalue weighted by atomic mass is 35.5. The standard InChI is InChI=1S/C17H22ClN3O4S/c1-26(24,25)21-8-6-19(7-9-21)17(23)14-10-16(22)20(12-14)11-13-4-2-3-5-15(13)18/h2-5,14H,6-12H2,1H3/t14-/m0/s1. The quantitative estimate of drug-likeness (QED) is 0.750. The minimum absolute atomic E-state index is 0.0574. The highest BCUT2D eigenvalue weighted by molar-refractivity contribution is 7.88. The van der Waals surface area contributed by atoms with Gasteiger partial charge in [0.15, 0.2) is 0 Å². The summed E-state index contributed by atoms with van der Waals surface area (Å²) in [5.41, 5.74) is 0.859. The second kappa shape index (κ2) is 7.54. The number of halogens is 1. The summed E-state index contributed by atoms with van der Waals surface area (Å²) in [5, 5.41) is 0.604. The first-order valence-corrected chi connectivity index (χ1v) is 10.7. The Balaban J connectivity index is 1.58. The van der Waals surface area contributed by atoms with Crippen LogP contribution in [0, 0.1) is 5.92 Å². The van der Waals surface area contributed by atoms with Gasteiger partial charge in [-0.3, -0.25) is 9.59 Å². The number of carbonyl (C=O) groups excluding carboxylic acids is 2. The van der Waals surface area contributed by atoms with Gasteiger partial charge in [-0.1, -0.05) is 29.8 Å². The molecule has 1 aromatic carbocycles. The van der Waals surface area contributed by atoms with Crippen molar-refractivity contribution in [3.05, 3.63) is 34.9 Å². The van der Waals surface area contributed by atoms with Crippen LogP contribution in [0.5, 0.6) is 0 Å². The fraction of sp³-hybridized carbons (Fsp3) is 0.529. The highest BCUT2D eigenvalue weighted by Crippen LogP contribution is 2.25. The minimum atomic E-state index is -3.23. The summed E-state index contributed by atoms with van der Waals surface area (Å²) in [6.07, 6.45) is 1.36. The van der Waals surface area contributed by atoms with Gasteiger partial charge in [-0.05, 0) is 11.6 Å². The SMILES string of the molecule is CS(=O)(=O)N1CCN(C(=O)[C@H]2CC(=O)N(Cc3ccccc3Cl)C2)CC1. The zero-order valence-electron chi connectivity index (χ0n) is 14.6.